The molecule has 45 heavy (non-hydrogen) atoms. The van der Waals surface area contributed by atoms with Gasteiger partial charge in [-0.15, -0.1) is 0 Å². The van der Waals surface area contributed by atoms with Gasteiger partial charge in [0.1, 0.15) is 11.8 Å². The summed E-state index contributed by atoms with van der Waals surface area (Å²) >= 11 is 0. The Labute approximate surface area is 272 Å². The van der Waals surface area contributed by atoms with Crippen LogP contribution < -0.4 is 10.1 Å². The Bertz CT molecular complexity index is 1300. The Morgan fingerprint density at radius 2 is 1.47 bits per heavy atom. The van der Waals surface area contributed by atoms with Crippen molar-refractivity contribution in [1.82, 2.24) is 14.8 Å². The highest BCUT2D eigenvalue weighted by Crippen LogP contribution is 2.31. The van der Waals surface area contributed by atoms with E-state index in [1.165, 1.54) is 31.2 Å². The van der Waals surface area contributed by atoms with E-state index in [4.69, 9.17) is 4.74 Å². The molecule has 0 bridgehead atoms. The number of methoxy groups -OCH3 is 1. The van der Waals surface area contributed by atoms with Crippen LogP contribution in [0.2, 0.25) is 0 Å². The topological polar surface area (TPSA) is 63.6 Å². The fraction of sp³-hybridized carbons (Fsp3) is 0.590. The highest BCUT2D eigenvalue weighted by atomic mass is 16.5. The van der Waals surface area contributed by atoms with Gasteiger partial charge in [-0.3, -0.25) is 9.59 Å². The highest BCUT2D eigenvalue weighted by Gasteiger charge is 2.26. The van der Waals surface area contributed by atoms with Crippen molar-refractivity contribution in [3.05, 3.63) is 65.4 Å². The number of benzene rings is 2. The first-order valence-electron chi connectivity index (χ1n) is 17.7. The van der Waals surface area contributed by atoms with Gasteiger partial charge in [0.25, 0.3) is 0 Å². The zero-order chi connectivity index (χ0) is 32.4. The monoisotopic (exact) mass is 617 g/mol. The molecule has 0 saturated heterocycles. The SMILES string of the molecule is CCCCCCCCN(CCCC)C(=O)C(CCCCCC)NC(=O)Cc1c(C)n(Cc2ccccc2)c2ccc(OC)cc12. The molecule has 1 aromatic heterocycles. The van der Waals surface area contributed by atoms with Gasteiger partial charge in [0, 0.05) is 36.2 Å². The summed E-state index contributed by atoms with van der Waals surface area (Å²) in [5, 5.41) is 4.25. The van der Waals surface area contributed by atoms with Crippen LogP contribution >= 0.6 is 0 Å². The van der Waals surface area contributed by atoms with Gasteiger partial charge < -0.3 is 19.5 Å². The van der Waals surface area contributed by atoms with Crippen LogP contribution in [0, 0.1) is 6.92 Å². The zero-order valence-corrected chi connectivity index (χ0v) is 28.8. The number of carbonyl (C=O) groups excluding carboxylic acids is 2. The molecular weight excluding hydrogens is 558 g/mol. The minimum absolute atomic E-state index is 0.0896. The standard InChI is InChI=1S/C39H59N3O3/c1-6-9-12-14-15-20-27-41(26-11-8-3)39(44)36(23-19-13-10-7-2)40-38(43)29-34-31(4)42(30-32-21-17-16-18-22-32)37-25-24-33(45-5)28-35(34)37/h16-18,21-22,24-25,28,36H,6-15,19-20,23,26-27,29-30H2,1-5H3,(H,40,43). The van der Waals surface area contributed by atoms with E-state index in [2.05, 4.69) is 67.9 Å². The predicted octanol–water partition coefficient (Wildman–Crippen LogP) is 8.99. The number of nitrogens with one attached hydrogen (secondary N) is 1. The summed E-state index contributed by atoms with van der Waals surface area (Å²) in [7, 11) is 1.67. The second kappa shape index (κ2) is 20.0. The Hall–Kier alpha value is -3.28. The normalized spacial score (nSPS) is 11.9. The van der Waals surface area contributed by atoms with Crippen molar-refractivity contribution in [3.8, 4) is 5.75 Å². The van der Waals surface area contributed by atoms with E-state index < -0.39 is 6.04 Å². The number of fused-ring (bicyclic) bond motifs is 1. The van der Waals surface area contributed by atoms with Crippen LogP contribution in [-0.2, 0) is 22.6 Å². The molecule has 3 rings (SSSR count). The summed E-state index contributed by atoms with van der Waals surface area (Å²) < 4.78 is 7.85. The summed E-state index contributed by atoms with van der Waals surface area (Å²) in [4.78, 5) is 29.9. The largest absolute Gasteiger partial charge is 0.497 e. The van der Waals surface area contributed by atoms with E-state index >= 15 is 0 Å². The van der Waals surface area contributed by atoms with Crippen molar-refractivity contribution < 1.29 is 14.3 Å². The number of carbonyl (C=O) groups is 2. The fourth-order valence-electron chi connectivity index (χ4n) is 6.27. The van der Waals surface area contributed by atoms with Crippen molar-refractivity contribution >= 4 is 22.7 Å². The average molecular weight is 618 g/mol. The van der Waals surface area contributed by atoms with Crippen LogP contribution in [0.3, 0.4) is 0 Å². The smallest absolute Gasteiger partial charge is 0.245 e. The van der Waals surface area contributed by atoms with Crippen LogP contribution in [0.5, 0.6) is 5.75 Å². The van der Waals surface area contributed by atoms with Crippen LogP contribution in [0.15, 0.2) is 48.5 Å². The van der Waals surface area contributed by atoms with E-state index in [9.17, 15) is 9.59 Å². The predicted molar refractivity (Wildman–Crippen MR) is 188 cm³/mol. The molecule has 2 amide bonds. The molecule has 0 aliphatic carbocycles. The number of nitrogens with zero attached hydrogens (tertiary/aromatic N) is 2. The van der Waals surface area contributed by atoms with Gasteiger partial charge in [-0.25, -0.2) is 0 Å². The van der Waals surface area contributed by atoms with E-state index in [1.54, 1.807) is 7.11 Å². The van der Waals surface area contributed by atoms with Crippen molar-refractivity contribution in [2.45, 2.75) is 130 Å². The Kier molecular flexibility index (Phi) is 16.1. The molecule has 1 atom stereocenters. The average Bonchev–Trinajstić information content (AvgIpc) is 3.30. The Morgan fingerprint density at radius 1 is 0.822 bits per heavy atom. The summed E-state index contributed by atoms with van der Waals surface area (Å²) in [5.74, 6) is 0.765. The Balaban J connectivity index is 1.81. The zero-order valence-electron chi connectivity index (χ0n) is 28.8. The van der Waals surface area contributed by atoms with Crippen molar-refractivity contribution in [2.75, 3.05) is 20.2 Å². The van der Waals surface area contributed by atoms with Crippen LogP contribution in [0.1, 0.15) is 121 Å². The third kappa shape index (κ3) is 11.2. The lowest BCUT2D eigenvalue weighted by molar-refractivity contribution is -0.136. The second-order valence-electron chi connectivity index (χ2n) is 12.6. The number of aromatic nitrogens is 1. The molecule has 0 spiro atoms. The van der Waals surface area contributed by atoms with E-state index in [0.717, 1.165) is 98.9 Å². The maximum Gasteiger partial charge on any atom is 0.245 e. The molecule has 1 heterocycles. The third-order valence-electron chi connectivity index (χ3n) is 9.04. The molecule has 0 saturated carbocycles. The first-order chi connectivity index (χ1) is 21.9. The number of hydrogen-bond acceptors (Lipinski definition) is 3. The molecule has 6 heteroatoms. The van der Waals surface area contributed by atoms with Gasteiger partial charge in [-0.05, 0) is 55.5 Å². The first-order valence-corrected chi connectivity index (χ1v) is 17.7. The van der Waals surface area contributed by atoms with E-state index in [1.807, 2.05) is 23.1 Å². The summed E-state index contributed by atoms with van der Waals surface area (Å²) in [6.45, 7) is 11.0. The lowest BCUT2D eigenvalue weighted by atomic mass is 10.0. The minimum atomic E-state index is -0.487. The maximum atomic E-state index is 14.0. The van der Waals surface area contributed by atoms with Crippen molar-refractivity contribution in [1.29, 1.82) is 0 Å². The molecule has 3 aromatic rings. The third-order valence-corrected chi connectivity index (χ3v) is 9.04. The lowest BCUT2D eigenvalue weighted by Gasteiger charge is -2.28. The van der Waals surface area contributed by atoms with E-state index in [0.29, 0.717) is 6.42 Å². The minimum Gasteiger partial charge on any atom is -0.497 e. The van der Waals surface area contributed by atoms with Gasteiger partial charge in [-0.1, -0.05) is 115 Å². The molecule has 6 nitrogen and oxygen atoms in total. The first kappa shape index (κ1) is 36.2. The van der Waals surface area contributed by atoms with Crippen LogP contribution in [-0.4, -0.2) is 47.5 Å². The summed E-state index contributed by atoms with van der Waals surface area (Å²) in [6, 6.07) is 16.0. The van der Waals surface area contributed by atoms with E-state index in [-0.39, 0.29) is 18.2 Å². The number of hydrogen-bond donors (Lipinski definition) is 1. The van der Waals surface area contributed by atoms with Crippen molar-refractivity contribution in [3.63, 3.8) is 0 Å². The fourth-order valence-corrected chi connectivity index (χ4v) is 6.27. The number of rotatable bonds is 22. The summed E-state index contributed by atoms with van der Waals surface area (Å²) in [6.07, 6.45) is 14.4. The Morgan fingerprint density at radius 3 is 2.16 bits per heavy atom. The molecule has 0 aliphatic rings. The second-order valence-corrected chi connectivity index (χ2v) is 12.6. The molecule has 248 valence electrons. The van der Waals surface area contributed by atoms with Gasteiger partial charge in [0.15, 0.2) is 0 Å². The molecule has 1 N–H and O–H groups in total. The number of amides is 2. The molecule has 1 unspecified atom stereocenters. The highest BCUT2D eigenvalue weighted by molar-refractivity contribution is 5.93. The number of ether oxygens (including phenoxy) is 1. The quantitative estimate of drug-likeness (QED) is 0.114. The van der Waals surface area contributed by atoms with Crippen LogP contribution in [0.25, 0.3) is 10.9 Å². The van der Waals surface area contributed by atoms with Gasteiger partial charge in [-0.2, -0.15) is 0 Å². The lowest BCUT2D eigenvalue weighted by Crippen LogP contribution is -2.49. The molecular formula is C39H59N3O3. The van der Waals surface area contributed by atoms with Crippen LogP contribution in [0.4, 0.5) is 0 Å². The molecule has 0 radical (unpaired) electrons. The maximum absolute atomic E-state index is 14.0. The van der Waals surface area contributed by atoms with Crippen molar-refractivity contribution in [2.24, 2.45) is 0 Å². The van der Waals surface area contributed by atoms with Gasteiger partial charge in [0.05, 0.1) is 13.5 Å². The molecule has 0 fully saturated rings. The number of unbranched alkanes of at least 4 members (excludes halogenated alkanes) is 9. The van der Waals surface area contributed by atoms with Gasteiger partial charge >= 0.3 is 0 Å². The molecule has 0 aliphatic heterocycles. The van der Waals surface area contributed by atoms with Gasteiger partial charge in [0.2, 0.25) is 11.8 Å². The summed E-state index contributed by atoms with van der Waals surface area (Å²) in [5.41, 5.74) is 4.34. The molecule has 2 aromatic carbocycles.